The zero-order chi connectivity index (χ0) is 46.5. The van der Waals surface area contributed by atoms with Gasteiger partial charge in [-0.05, 0) is 70.6 Å². The average Bonchev–Trinajstić information content (AvgIpc) is 3.30. The van der Waals surface area contributed by atoms with Gasteiger partial charge in [-0.3, -0.25) is 4.79 Å². The van der Waals surface area contributed by atoms with E-state index < -0.39 is 24.2 Å². The van der Waals surface area contributed by atoms with Crippen LogP contribution in [-0.4, -0.2) is 46.1 Å². The molecule has 3 unspecified atom stereocenters. The minimum atomic E-state index is -1.11. The number of aliphatic hydroxyl groups excluding tert-OH is 3. The van der Waals surface area contributed by atoms with Gasteiger partial charge in [0.2, 0.25) is 5.91 Å². The minimum Gasteiger partial charge on any atom is -0.394 e. The van der Waals surface area contributed by atoms with E-state index in [9.17, 15) is 20.1 Å². The first-order valence-electron chi connectivity index (χ1n) is 28.5. The van der Waals surface area contributed by atoms with Gasteiger partial charge in [0, 0.05) is 0 Å². The Labute approximate surface area is 399 Å². The van der Waals surface area contributed by atoms with Crippen LogP contribution in [0.1, 0.15) is 296 Å². The van der Waals surface area contributed by atoms with Crippen molar-refractivity contribution in [2.75, 3.05) is 6.61 Å². The third-order valence-corrected chi connectivity index (χ3v) is 13.1. The van der Waals surface area contributed by atoms with Gasteiger partial charge in [-0.1, -0.05) is 274 Å². The summed E-state index contributed by atoms with van der Waals surface area (Å²) in [5.41, 5.74) is 0. The number of hydrogen-bond acceptors (Lipinski definition) is 4. The molecule has 376 valence electrons. The number of carbonyl (C=O) groups excluding carboxylic acids is 1. The van der Waals surface area contributed by atoms with Crippen LogP contribution in [0.2, 0.25) is 0 Å². The predicted molar refractivity (Wildman–Crippen MR) is 282 cm³/mol. The molecule has 4 N–H and O–H groups in total. The molecule has 0 bridgehead atoms. The van der Waals surface area contributed by atoms with Crippen LogP contribution in [-0.2, 0) is 4.79 Å². The van der Waals surface area contributed by atoms with Crippen molar-refractivity contribution in [3.63, 3.8) is 0 Å². The van der Waals surface area contributed by atoms with E-state index in [1.807, 2.05) is 6.08 Å². The van der Waals surface area contributed by atoms with Crippen LogP contribution in [0.5, 0.6) is 0 Å². The van der Waals surface area contributed by atoms with Crippen LogP contribution < -0.4 is 5.32 Å². The van der Waals surface area contributed by atoms with Gasteiger partial charge in [0.25, 0.3) is 0 Å². The molecule has 1 amide bonds. The third kappa shape index (κ3) is 48.2. The highest BCUT2D eigenvalue weighted by Crippen LogP contribution is 2.17. The van der Waals surface area contributed by atoms with Gasteiger partial charge < -0.3 is 20.6 Å². The number of hydrogen-bond donors (Lipinski definition) is 4. The number of amides is 1. The summed E-state index contributed by atoms with van der Waals surface area (Å²) < 4.78 is 0. The smallest absolute Gasteiger partial charge is 0.249 e. The lowest BCUT2D eigenvalue weighted by molar-refractivity contribution is -0.131. The van der Waals surface area contributed by atoms with Crippen molar-refractivity contribution in [3.05, 3.63) is 48.6 Å². The van der Waals surface area contributed by atoms with E-state index >= 15 is 0 Å². The maximum atomic E-state index is 12.5. The summed E-state index contributed by atoms with van der Waals surface area (Å²) >= 11 is 0. The lowest BCUT2D eigenvalue weighted by Crippen LogP contribution is -2.48. The highest BCUT2D eigenvalue weighted by atomic mass is 16.3. The molecule has 0 aromatic heterocycles. The summed E-state index contributed by atoms with van der Waals surface area (Å²) in [6.45, 7) is 4.16. The van der Waals surface area contributed by atoms with Crippen LogP contribution in [0.15, 0.2) is 48.6 Å². The van der Waals surface area contributed by atoms with Gasteiger partial charge in [-0.25, -0.2) is 0 Å². The van der Waals surface area contributed by atoms with E-state index in [-0.39, 0.29) is 6.61 Å². The highest BCUT2D eigenvalue weighted by Gasteiger charge is 2.22. The Kier molecular flexibility index (Phi) is 52.5. The molecule has 0 aromatic carbocycles. The number of nitrogens with one attached hydrogen (secondary N) is 1. The summed E-state index contributed by atoms with van der Waals surface area (Å²) in [7, 11) is 0. The SMILES string of the molecule is CCCCCC/C=C/CC/C=C/CC/C=C/C(O)C(CO)NC(=O)C(O)CCCCCCCCCCCCCCCCCC/C=C\CCCCCCCCCCCCCCCCCC. The van der Waals surface area contributed by atoms with E-state index in [4.69, 9.17) is 0 Å². The van der Waals surface area contributed by atoms with Crippen LogP contribution in [0.4, 0.5) is 0 Å². The fourth-order valence-corrected chi connectivity index (χ4v) is 8.68. The molecule has 0 aliphatic rings. The fraction of sp³-hybridized carbons (Fsp3) is 0.847. The lowest BCUT2D eigenvalue weighted by Gasteiger charge is -2.21. The predicted octanol–water partition coefficient (Wildman–Crippen LogP) is 17.6. The largest absolute Gasteiger partial charge is 0.394 e. The molecule has 3 atom stereocenters. The number of allylic oxidation sites excluding steroid dienone is 7. The van der Waals surface area contributed by atoms with Gasteiger partial charge in [-0.2, -0.15) is 0 Å². The maximum absolute atomic E-state index is 12.5. The fourth-order valence-electron chi connectivity index (χ4n) is 8.68. The molecule has 0 saturated heterocycles. The Balaban J connectivity index is 3.50. The second kappa shape index (κ2) is 53.9. The monoisotopic (exact) mass is 898 g/mol. The average molecular weight is 899 g/mol. The van der Waals surface area contributed by atoms with Crippen LogP contribution >= 0.6 is 0 Å². The molecule has 0 aliphatic carbocycles. The van der Waals surface area contributed by atoms with Crippen molar-refractivity contribution >= 4 is 5.91 Å². The van der Waals surface area contributed by atoms with Gasteiger partial charge in [0.05, 0.1) is 18.8 Å². The molecule has 0 heterocycles. The molecule has 0 saturated carbocycles. The first-order chi connectivity index (χ1) is 31.6. The summed E-state index contributed by atoms with van der Waals surface area (Å²) in [5.74, 6) is -0.515. The summed E-state index contributed by atoms with van der Waals surface area (Å²) in [6, 6.07) is -0.821. The highest BCUT2D eigenvalue weighted by molar-refractivity contribution is 5.80. The molecular formula is C59H111NO4. The summed E-state index contributed by atoms with van der Waals surface area (Å²) in [5, 5.41) is 33.2. The molecule has 64 heavy (non-hydrogen) atoms. The summed E-state index contributed by atoms with van der Waals surface area (Å²) in [4.78, 5) is 12.5. The van der Waals surface area contributed by atoms with Crippen LogP contribution in [0.3, 0.4) is 0 Å². The Morgan fingerprint density at radius 3 is 0.969 bits per heavy atom. The van der Waals surface area contributed by atoms with Crippen molar-refractivity contribution in [1.82, 2.24) is 5.32 Å². The van der Waals surface area contributed by atoms with Crippen LogP contribution in [0.25, 0.3) is 0 Å². The molecule has 0 aromatic rings. The molecule has 0 fully saturated rings. The van der Waals surface area contributed by atoms with Crippen molar-refractivity contribution < 1.29 is 20.1 Å². The molecule has 5 nitrogen and oxygen atoms in total. The number of unbranched alkanes of at least 4 members (excludes halogenated alkanes) is 38. The van der Waals surface area contributed by atoms with Crippen molar-refractivity contribution in [2.24, 2.45) is 0 Å². The second-order valence-corrected chi connectivity index (χ2v) is 19.5. The first-order valence-corrected chi connectivity index (χ1v) is 28.5. The van der Waals surface area contributed by atoms with Gasteiger partial charge in [0.1, 0.15) is 6.10 Å². The van der Waals surface area contributed by atoms with Crippen molar-refractivity contribution in [1.29, 1.82) is 0 Å². The molecule has 0 spiro atoms. The Morgan fingerprint density at radius 2 is 0.641 bits per heavy atom. The van der Waals surface area contributed by atoms with E-state index in [1.54, 1.807) is 6.08 Å². The summed E-state index contributed by atoms with van der Waals surface area (Å²) in [6.07, 6.45) is 72.1. The number of aliphatic hydroxyl groups is 3. The second-order valence-electron chi connectivity index (χ2n) is 19.5. The quantitative estimate of drug-likeness (QED) is 0.0362. The zero-order valence-corrected chi connectivity index (χ0v) is 42.9. The number of rotatable bonds is 52. The lowest BCUT2D eigenvalue weighted by atomic mass is 10.0. The Morgan fingerprint density at radius 1 is 0.375 bits per heavy atom. The van der Waals surface area contributed by atoms with Gasteiger partial charge in [0.15, 0.2) is 0 Å². The normalized spacial score (nSPS) is 13.6. The first kappa shape index (κ1) is 62.3. The minimum absolute atomic E-state index is 0.381. The molecule has 0 rings (SSSR count). The van der Waals surface area contributed by atoms with E-state index in [1.165, 1.54) is 231 Å². The Hall–Kier alpha value is -1.69. The molecule has 5 heteroatoms. The number of carbonyl (C=O) groups is 1. The van der Waals surface area contributed by atoms with E-state index in [0.29, 0.717) is 6.42 Å². The van der Waals surface area contributed by atoms with Crippen LogP contribution in [0, 0.1) is 0 Å². The van der Waals surface area contributed by atoms with Crippen molar-refractivity contribution in [3.8, 4) is 0 Å². The maximum Gasteiger partial charge on any atom is 0.249 e. The topological polar surface area (TPSA) is 89.8 Å². The standard InChI is InChI=1S/C59H111NO4/c1-3-5-7-9-11-13-15-17-19-20-21-22-23-24-25-26-27-28-29-30-31-32-33-34-35-36-37-38-39-40-42-44-46-48-50-52-54-58(63)59(64)60-56(55-61)57(62)53-51-49-47-45-43-41-18-16-14-12-10-8-6-4-2/h14,16,28-29,43,45,51,53,56-58,61-63H,3-13,15,17-27,30-42,44,46-50,52,54-55H2,1-2H3,(H,60,64)/b16-14+,29-28-,45-43+,53-51+. The third-order valence-electron chi connectivity index (χ3n) is 13.1. The van der Waals surface area contributed by atoms with Gasteiger partial charge in [-0.15, -0.1) is 0 Å². The Bertz CT molecular complexity index is 1040. The molecule has 0 radical (unpaired) electrons. The van der Waals surface area contributed by atoms with E-state index in [2.05, 4.69) is 55.6 Å². The van der Waals surface area contributed by atoms with Crippen molar-refractivity contribution in [2.45, 2.75) is 315 Å². The van der Waals surface area contributed by atoms with Gasteiger partial charge >= 0.3 is 0 Å². The molecule has 0 aliphatic heterocycles. The van der Waals surface area contributed by atoms with E-state index in [0.717, 1.165) is 44.9 Å². The molecular weight excluding hydrogens is 787 g/mol. The zero-order valence-electron chi connectivity index (χ0n) is 42.9.